The minimum Gasteiger partial charge on any atom is -0.481 e. The third-order valence-electron chi connectivity index (χ3n) is 15.6. The van der Waals surface area contributed by atoms with Gasteiger partial charge in [0.15, 0.2) is 5.78 Å². The molecule has 8 nitrogen and oxygen atoms in total. The van der Waals surface area contributed by atoms with Crippen LogP contribution in [0.3, 0.4) is 0 Å². The van der Waals surface area contributed by atoms with Crippen LogP contribution in [0.2, 0.25) is 0 Å². The number of carbonyl (C=O) groups is 3. The second-order valence-corrected chi connectivity index (χ2v) is 20.1. The fourth-order valence-corrected chi connectivity index (χ4v) is 13.3. The van der Waals surface area contributed by atoms with E-state index < -0.39 is 28.9 Å². The zero-order valence-electron chi connectivity index (χ0n) is 32.0. The van der Waals surface area contributed by atoms with Crippen LogP contribution in [-0.2, 0) is 25.7 Å². The van der Waals surface area contributed by atoms with Crippen molar-refractivity contribution in [1.29, 1.82) is 0 Å². The van der Waals surface area contributed by atoms with Crippen molar-refractivity contribution >= 4 is 29.1 Å². The molecule has 0 aliphatic heterocycles. The van der Waals surface area contributed by atoms with Gasteiger partial charge in [0.25, 0.3) is 0 Å². The Morgan fingerprint density at radius 3 is 2.38 bits per heavy atom. The number of ketones is 1. The summed E-state index contributed by atoms with van der Waals surface area (Å²) in [6.07, 6.45) is 9.07. The second kappa shape index (κ2) is 12.8. The number of hydrogen-bond donors (Lipinski definition) is 3. The summed E-state index contributed by atoms with van der Waals surface area (Å²) < 4.78 is 6.16. The van der Waals surface area contributed by atoms with Crippen molar-refractivity contribution in [2.75, 3.05) is 6.54 Å². The Morgan fingerprint density at radius 1 is 1.02 bits per heavy atom. The normalized spacial score (nSPS) is 38.6. The number of Topliss-reactive ketones (excluding diaryl/α,β-unsaturated/α-hetero) is 1. The van der Waals surface area contributed by atoms with Gasteiger partial charge in [-0.3, -0.25) is 14.4 Å². The number of nitrogens with one attached hydrogen (secondary N) is 1. The summed E-state index contributed by atoms with van der Waals surface area (Å²) in [5, 5.41) is 28.1. The number of carboxylic acids is 1. The molecule has 1 aromatic heterocycles. The lowest BCUT2D eigenvalue weighted by Gasteiger charge is -2.72. The van der Waals surface area contributed by atoms with Crippen molar-refractivity contribution in [2.45, 2.75) is 145 Å². The molecular formula is C41H62N2O6S. The molecule has 0 saturated heterocycles. The zero-order valence-corrected chi connectivity index (χ0v) is 32.8. The molecule has 5 aliphatic carbocycles. The number of aliphatic hydroxyl groups excluding tert-OH is 1. The molecule has 0 aromatic carbocycles. The molecule has 0 amide bonds. The third-order valence-corrected chi connectivity index (χ3v) is 16.4. The second-order valence-electron chi connectivity index (χ2n) is 19.1. The first-order valence-electron chi connectivity index (χ1n) is 19.2. The maximum atomic E-state index is 14.0. The van der Waals surface area contributed by atoms with Gasteiger partial charge in [0, 0.05) is 41.9 Å². The molecule has 9 heteroatoms. The van der Waals surface area contributed by atoms with Crippen molar-refractivity contribution < 1.29 is 29.3 Å². The van der Waals surface area contributed by atoms with Gasteiger partial charge in [0.05, 0.1) is 17.9 Å². The Kier molecular flexibility index (Phi) is 9.63. The largest absolute Gasteiger partial charge is 0.481 e. The molecule has 0 spiro atoms. The van der Waals surface area contributed by atoms with Crippen molar-refractivity contribution in [3.05, 3.63) is 27.7 Å². The van der Waals surface area contributed by atoms with Gasteiger partial charge in [-0.1, -0.05) is 54.0 Å². The highest BCUT2D eigenvalue weighted by atomic mass is 32.1. The lowest BCUT2D eigenvalue weighted by atomic mass is 9.33. The number of fused-ring (bicyclic) bond motifs is 7. The van der Waals surface area contributed by atoms with E-state index in [0.717, 1.165) is 61.9 Å². The summed E-state index contributed by atoms with van der Waals surface area (Å²) >= 11 is 1.61. The fourth-order valence-electron chi connectivity index (χ4n) is 12.8. The summed E-state index contributed by atoms with van der Waals surface area (Å²) in [6.45, 7) is 20.7. The molecule has 50 heavy (non-hydrogen) atoms. The van der Waals surface area contributed by atoms with E-state index in [9.17, 15) is 24.6 Å². The van der Waals surface area contributed by atoms with E-state index >= 15 is 0 Å². The number of carbonyl (C=O) groups excluding carboxylic acids is 2. The van der Waals surface area contributed by atoms with E-state index in [0.29, 0.717) is 31.3 Å². The Morgan fingerprint density at radius 2 is 1.74 bits per heavy atom. The third kappa shape index (κ3) is 5.66. The Balaban J connectivity index is 1.27. The van der Waals surface area contributed by atoms with Gasteiger partial charge in [-0.05, 0) is 111 Å². The Bertz CT molecular complexity index is 1530. The van der Waals surface area contributed by atoms with Gasteiger partial charge >= 0.3 is 11.9 Å². The van der Waals surface area contributed by atoms with Gasteiger partial charge in [-0.25, -0.2) is 4.98 Å². The summed E-state index contributed by atoms with van der Waals surface area (Å²) in [5.41, 5.74) is 0.509. The highest BCUT2D eigenvalue weighted by Gasteiger charge is 2.70. The van der Waals surface area contributed by atoms with Crippen LogP contribution in [0.4, 0.5) is 0 Å². The zero-order chi connectivity index (χ0) is 36.7. The molecule has 1 heterocycles. The summed E-state index contributed by atoms with van der Waals surface area (Å²) in [7, 11) is 0. The number of rotatable bonds is 10. The van der Waals surface area contributed by atoms with E-state index in [1.165, 1.54) is 5.57 Å². The van der Waals surface area contributed by atoms with Crippen molar-refractivity contribution in [1.82, 2.24) is 10.3 Å². The SMILES string of the molecule is CC(C)C1=C2[C@H]3CC[C@@H]4[C@@]5(C)CC[C@H](OC(=O)CC(C)(C)C(=O)O)C(C)(C)[C@@H]5CC[C@@]4(C)[C@]3(C)CCC2(C(O)CNCc2nccs2)CC1=O. The number of allylic oxidation sites excluding steroid dienone is 1. The molecule has 0 bridgehead atoms. The Hall–Kier alpha value is -2.10. The molecule has 6 rings (SSSR count). The van der Waals surface area contributed by atoms with Crippen molar-refractivity contribution in [3.63, 3.8) is 0 Å². The molecule has 1 aromatic rings. The molecule has 4 saturated carbocycles. The predicted octanol–water partition coefficient (Wildman–Crippen LogP) is 7.99. The molecule has 2 unspecified atom stereocenters. The lowest BCUT2D eigenvalue weighted by molar-refractivity contribution is -0.235. The number of aliphatic hydroxyl groups is 1. The molecule has 278 valence electrons. The summed E-state index contributed by atoms with van der Waals surface area (Å²) in [5.74, 6) is 0.0843. The first-order valence-corrected chi connectivity index (χ1v) is 20.1. The van der Waals surface area contributed by atoms with Crippen LogP contribution in [0, 0.1) is 56.2 Å². The quantitative estimate of drug-likeness (QED) is 0.209. The first-order chi connectivity index (χ1) is 23.2. The Labute approximate surface area is 303 Å². The predicted molar refractivity (Wildman–Crippen MR) is 195 cm³/mol. The van der Waals surface area contributed by atoms with E-state index in [1.807, 2.05) is 11.6 Å². The van der Waals surface area contributed by atoms with E-state index in [4.69, 9.17) is 4.74 Å². The van der Waals surface area contributed by atoms with Crippen LogP contribution in [0.5, 0.6) is 0 Å². The number of thiazole rings is 1. The van der Waals surface area contributed by atoms with Crippen LogP contribution in [0.25, 0.3) is 0 Å². The van der Waals surface area contributed by atoms with Crippen molar-refractivity contribution in [2.24, 2.45) is 56.2 Å². The molecule has 3 N–H and O–H groups in total. The van der Waals surface area contributed by atoms with Crippen LogP contribution in [0.1, 0.15) is 132 Å². The van der Waals surface area contributed by atoms with Crippen LogP contribution in [-0.4, -0.2) is 51.7 Å². The van der Waals surface area contributed by atoms with Gasteiger partial charge in [-0.2, -0.15) is 0 Å². The van der Waals surface area contributed by atoms with Crippen LogP contribution in [0.15, 0.2) is 22.7 Å². The average molecular weight is 711 g/mol. The smallest absolute Gasteiger partial charge is 0.309 e. The van der Waals surface area contributed by atoms with Gasteiger partial charge in [0.1, 0.15) is 11.1 Å². The maximum Gasteiger partial charge on any atom is 0.309 e. The number of esters is 1. The average Bonchev–Trinajstić information content (AvgIpc) is 3.64. The number of hydrogen-bond acceptors (Lipinski definition) is 8. The minimum absolute atomic E-state index is 0.00258. The number of carboxylic acid groups (broad SMARTS) is 1. The van der Waals surface area contributed by atoms with Gasteiger partial charge in [-0.15, -0.1) is 11.3 Å². The van der Waals surface area contributed by atoms with E-state index in [1.54, 1.807) is 25.2 Å². The molecule has 5 aliphatic rings. The number of nitrogens with zero attached hydrogens (tertiary/aromatic N) is 1. The van der Waals surface area contributed by atoms with Crippen LogP contribution < -0.4 is 5.32 Å². The lowest BCUT2D eigenvalue weighted by Crippen LogP contribution is -2.66. The molecule has 0 radical (unpaired) electrons. The van der Waals surface area contributed by atoms with E-state index in [-0.39, 0.29) is 51.8 Å². The highest BCUT2D eigenvalue weighted by Crippen LogP contribution is 2.77. The van der Waals surface area contributed by atoms with Gasteiger partial charge < -0.3 is 20.3 Å². The fraction of sp³-hybridized carbons (Fsp3) is 0.805. The van der Waals surface area contributed by atoms with Crippen molar-refractivity contribution in [3.8, 4) is 0 Å². The number of aromatic nitrogens is 1. The molecule has 4 fully saturated rings. The van der Waals surface area contributed by atoms with Crippen LogP contribution >= 0.6 is 11.3 Å². The van der Waals surface area contributed by atoms with Gasteiger partial charge in [0.2, 0.25) is 0 Å². The monoisotopic (exact) mass is 710 g/mol. The standard InChI is InChI=1S/C41H62N2O6S/c1-24(2)33-26(44)20-41(29(45)22-42-23-31-43-18-19-50-31)17-16-39(8)25(34(33)41)10-11-28-38(7)14-13-30(49-32(46)21-36(3,4)35(47)48)37(5,6)27(38)12-15-40(28,39)9/h18-19,24-25,27-30,42,45H,10-17,20-23H2,1-9H3,(H,47,48)/t25-,27+,28-,29?,30+,38+,39-,40-,41?/m1/s1. The first kappa shape index (κ1) is 37.7. The number of aliphatic carboxylic acids is 1. The molecular weight excluding hydrogens is 649 g/mol. The van der Waals surface area contributed by atoms with E-state index in [2.05, 4.69) is 58.8 Å². The highest BCUT2D eigenvalue weighted by molar-refractivity contribution is 7.09. The number of ether oxygens (including phenoxy) is 1. The summed E-state index contributed by atoms with van der Waals surface area (Å²) in [6, 6.07) is 0. The minimum atomic E-state index is -1.16. The molecule has 9 atom stereocenters. The topological polar surface area (TPSA) is 126 Å². The maximum absolute atomic E-state index is 14.0. The summed E-state index contributed by atoms with van der Waals surface area (Å²) in [4.78, 5) is 43.1.